The van der Waals surface area contributed by atoms with E-state index in [0.717, 1.165) is 61.7 Å². The zero-order valence-electron chi connectivity index (χ0n) is 67.3. The molecule has 14 rings (SSSR count). The molecule has 0 radical (unpaired) electrons. The number of nitrogens with one attached hydrogen (secondary N) is 6. The number of fused-ring (bicyclic) bond motifs is 12. The van der Waals surface area contributed by atoms with Gasteiger partial charge in [0.15, 0.2) is 41.5 Å². The quantitative estimate of drug-likeness (QED) is 0.0281. The van der Waals surface area contributed by atoms with Crippen molar-refractivity contribution in [1.82, 2.24) is 31.3 Å². The molecule has 7 aliphatic heterocycles. The van der Waals surface area contributed by atoms with Gasteiger partial charge in [0, 0.05) is 73.5 Å². The largest absolute Gasteiger partial charge is 0.508 e. The number of phenolic OH excluding ortho intramolecular Hbond substituents is 1. The first-order valence-corrected chi connectivity index (χ1v) is 42.2. The third kappa shape index (κ3) is 19.7. The fourth-order valence-electron chi connectivity index (χ4n) is 16.2. The minimum Gasteiger partial charge on any atom is -0.508 e. The van der Waals surface area contributed by atoms with Gasteiger partial charge in [0.25, 0.3) is 0 Å². The van der Waals surface area contributed by atoms with E-state index in [1.54, 1.807) is 6.92 Å². The number of primary amides is 1. The fourth-order valence-corrected chi connectivity index (χ4v) is 17.7. The van der Waals surface area contributed by atoms with Crippen LogP contribution in [-0.2, 0) is 74.9 Å². The maximum Gasteiger partial charge on any atom is 0.330 e. The minimum atomic E-state index is -4.14. The van der Waals surface area contributed by atoms with Crippen molar-refractivity contribution in [3.05, 3.63) is 152 Å². The number of Topliss-reactive ketones (excluding diaryl/α,β-unsaturated/α-hetero) is 2. The van der Waals surface area contributed by atoms with Crippen molar-refractivity contribution in [2.45, 2.75) is 214 Å². The Kier molecular flexibility index (Phi) is 28.5. The number of hydrogen-bond donors (Lipinski definition) is 18. The van der Waals surface area contributed by atoms with Gasteiger partial charge in [-0.25, -0.2) is 17.9 Å². The fraction of sp³-hybridized carbons (Fsp3) is 0.476. The molecule has 8 aliphatic rings. The number of carbonyl (C=O) groups is 8. The number of ketones is 2. The molecule has 1 aliphatic carbocycles. The lowest BCUT2D eigenvalue weighted by molar-refractivity contribution is -0.333. The van der Waals surface area contributed by atoms with Gasteiger partial charge in [-0.1, -0.05) is 88.0 Å². The first-order valence-electron chi connectivity index (χ1n) is 40.0. The number of halogens is 2. The monoisotopic (exact) mass is 1750 g/mol. The summed E-state index contributed by atoms with van der Waals surface area (Å²) in [7, 11) is -4.14. The van der Waals surface area contributed by atoms with Crippen molar-refractivity contribution < 1.29 is 131 Å². The number of phenols is 1. The van der Waals surface area contributed by atoms with Crippen LogP contribution in [0.15, 0.2) is 102 Å². The SMILES string of the molecule is CCCCCOc1ccc(S(=O)(=O)NCCNCc2c(O)cc3c4c2C(O)(O)c2ccc(cc2-4)[C@H]2CC(=O)[C@@H]4NC(=O)[C@H](CC(N)=O)CC(=O)[C@H](NC(=O)[C@H](CC)CC(C)C)[C@H](O)c5ccc(c(Cl)c5)Oc5cc4cc(c5O[C@@H]4O[C@H](CO)[C@@H](O)[C@H](O)[C@H]4O[C@H]4C[C@](C)(N)[C@H](O)[C@H](C)O4)Oc4ccc(cc4Cl)[C@@H](O)[C@H](NC2=O)C(=O)N[C@@H]3C(=O)O)cc1. The summed E-state index contributed by atoms with van der Waals surface area (Å²) in [6.45, 7) is 9.02. The molecule has 0 unspecified atom stereocenters. The number of ether oxygens (including phenoxy) is 7. The van der Waals surface area contributed by atoms with Gasteiger partial charge >= 0.3 is 5.97 Å². The summed E-state index contributed by atoms with van der Waals surface area (Å²) in [5.41, 5.74) is 7.61. The van der Waals surface area contributed by atoms with Gasteiger partial charge in [0.2, 0.25) is 57.4 Å². The van der Waals surface area contributed by atoms with Crippen molar-refractivity contribution >= 4 is 80.3 Å². The van der Waals surface area contributed by atoms with E-state index in [-0.39, 0.29) is 80.9 Å². The van der Waals surface area contributed by atoms with Gasteiger partial charge in [-0.05, 0) is 151 Å². The number of aliphatic hydroxyl groups excluding tert-OH is 6. The predicted molar refractivity (Wildman–Crippen MR) is 433 cm³/mol. The average molecular weight is 1760 g/mol. The molecule has 122 heavy (non-hydrogen) atoms. The normalized spacial score (nSPS) is 27.3. The zero-order valence-corrected chi connectivity index (χ0v) is 69.6. The maximum atomic E-state index is 16.6. The molecule has 0 aromatic heterocycles. The molecule has 18 atom stereocenters. The highest BCUT2D eigenvalue weighted by atomic mass is 35.5. The van der Waals surface area contributed by atoms with Crippen molar-refractivity contribution in [1.29, 1.82) is 0 Å². The molecule has 0 saturated carbocycles. The summed E-state index contributed by atoms with van der Waals surface area (Å²) in [6, 6.07) is 10.6. The van der Waals surface area contributed by atoms with Crippen LogP contribution >= 0.6 is 23.2 Å². The first kappa shape index (κ1) is 91.7. The van der Waals surface area contributed by atoms with E-state index in [0.29, 0.717) is 18.8 Å². The predicted octanol–water partition coefficient (Wildman–Crippen LogP) is 4.25. The number of carboxylic acid groups (broad SMARTS) is 1. The standard InChI is InChI=1S/C84H100Cl2N8O27S/c1-7-9-10-23-115-45-14-16-46(17-15-45)122(113,114)90-22-21-89-35-50-54(96)33-49-64-48-25-40(11-18-51(48)84(111,112)65(50)64)47-32-56(98)66-43-29-59(117-57-19-12-41(26-52(57)85)70(100)68(93-77(105)39(8-2)24-37(3)4)55(97)28-44(31-62(87)99)78(106)91-66)74(121-82-75(73(103)72(102)61(36-95)119-82)120-63-34-83(6,88)76(104)38(5)116-63)60(30-43)118-58-20-13-42(27-53(58)86)71(101)69(94-79(47)107)80(108)92-67(49)81(109)110/h11-20,25-27,29-30,33,37-39,44,47,61,63,66-73,75-76,82,89-90,95-96,100-104,111-112H,7-10,21-24,28,31-32,34-36,88H2,1-6H3,(H2,87,99)(H,91,106)(H,92,108)(H,93,105)(H,94,107)(H,109,110)/t38-,39+,44-,47+,61+,63-,66+,67-,68-,69-,70+,71+,72+,73-,75+,76+,82-,83-/m0/s1. The van der Waals surface area contributed by atoms with E-state index in [9.17, 15) is 73.9 Å². The number of amides is 5. The number of carboxylic acids is 1. The lowest BCUT2D eigenvalue weighted by atomic mass is 9.84. The second kappa shape index (κ2) is 37.9. The Morgan fingerprint density at radius 1 is 0.754 bits per heavy atom. The van der Waals surface area contributed by atoms with E-state index in [1.807, 2.05) is 20.8 Å². The molecule has 7 heterocycles. The van der Waals surface area contributed by atoms with Crippen molar-refractivity contribution in [3.63, 3.8) is 0 Å². The molecule has 38 heteroatoms. The number of rotatable bonds is 25. The highest BCUT2D eigenvalue weighted by molar-refractivity contribution is 7.89. The maximum absolute atomic E-state index is 16.6. The number of unbranched alkanes of at least 4 members (excludes halogenated alkanes) is 2. The number of nitrogens with two attached hydrogens (primary N) is 2. The summed E-state index contributed by atoms with van der Waals surface area (Å²) in [4.78, 5) is 120. The molecule has 2 fully saturated rings. The second-order valence-corrected chi connectivity index (χ2v) is 34.7. The van der Waals surface area contributed by atoms with Gasteiger partial charge in [-0.3, -0.25) is 33.6 Å². The molecule has 6 aromatic rings. The second-order valence-electron chi connectivity index (χ2n) is 32.2. The summed E-state index contributed by atoms with van der Waals surface area (Å²) in [5, 5.41) is 131. The third-order valence-corrected chi connectivity index (χ3v) is 24.8. The summed E-state index contributed by atoms with van der Waals surface area (Å²) < 4.78 is 74.0. The zero-order chi connectivity index (χ0) is 88.5. The van der Waals surface area contributed by atoms with Crippen LogP contribution in [0.2, 0.25) is 10.0 Å². The molecular formula is C84H100Cl2N8O27S. The number of sulfonamides is 1. The van der Waals surface area contributed by atoms with E-state index in [1.165, 1.54) is 68.4 Å². The molecule has 5 amide bonds. The number of carbonyl (C=O) groups excluding carboxylic acids is 7. The molecular weight excluding hydrogens is 1660 g/mol. The molecule has 11 bridgehead atoms. The van der Waals surface area contributed by atoms with E-state index >= 15 is 24.0 Å². The van der Waals surface area contributed by atoms with Crippen LogP contribution in [0.4, 0.5) is 0 Å². The number of aliphatic carboxylic acids is 1. The van der Waals surface area contributed by atoms with Gasteiger partial charge < -0.3 is 122 Å². The summed E-state index contributed by atoms with van der Waals surface area (Å²) in [6.07, 6.45) is -17.5. The molecule has 6 aromatic carbocycles. The van der Waals surface area contributed by atoms with Crippen LogP contribution in [0.25, 0.3) is 11.1 Å². The Hall–Kier alpha value is -9.55. The lowest BCUT2D eigenvalue weighted by Crippen LogP contribution is -2.64. The molecule has 2 saturated heterocycles. The first-order chi connectivity index (χ1) is 57.7. The Morgan fingerprint density at radius 2 is 1.41 bits per heavy atom. The molecule has 20 N–H and O–H groups in total. The van der Waals surface area contributed by atoms with Crippen LogP contribution in [0.1, 0.15) is 174 Å². The highest BCUT2D eigenvalue weighted by Crippen LogP contribution is 2.55. The van der Waals surface area contributed by atoms with Crippen molar-refractivity contribution in [2.24, 2.45) is 29.2 Å². The van der Waals surface area contributed by atoms with Gasteiger partial charge in [-0.2, -0.15) is 0 Å². The number of hydrogen-bond acceptors (Lipinski definition) is 28. The molecule has 658 valence electrons. The van der Waals surface area contributed by atoms with Crippen molar-refractivity contribution in [3.8, 4) is 51.4 Å². The number of aromatic hydroxyl groups is 1. The van der Waals surface area contributed by atoms with E-state index in [2.05, 4.69) is 31.3 Å². The number of benzene rings is 6. The molecule has 0 spiro atoms. The Bertz CT molecular complexity index is 5100. The topological polar surface area (TPSA) is 562 Å². The highest BCUT2D eigenvalue weighted by Gasteiger charge is 2.53. The van der Waals surface area contributed by atoms with E-state index in [4.69, 9.17) is 67.8 Å². The Morgan fingerprint density at radius 3 is 2.02 bits per heavy atom. The molecule has 35 nitrogen and oxygen atoms in total. The van der Waals surface area contributed by atoms with Crippen LogP contribution in [0, 0.1) is 17.8 Å². The summed E-state index contributed by atoms with van der Waals surface area (Å²) >= 11 is 14.3. The van der Waals surface area contributed by atoms with Gasteiger partial charge in [0.1, 0.15) is 71.6 Å². The van der Waals surface area contributed by atoms with Gasteiger partial charge in [-0.15, -0.1) is 0 Å². The minimum absolute atomic E-state index is 0.0380. The average Bonchev–Trinajstić information content (AvgIpc) is 1.54. The number of aliphatic hydroxyl groups is 8. The Labute approximate surface area is 711 Å². The van der Waals surface area contributed by atoms with Crippen molar-refractivity contribution in [2.75, 3.05) is 26.3 Å². The van der Waals surface area contributed by atoms with Crippen LogP contribution in [-0.4, -0.2) is 200 Å². The van der Waals surface area contributed by atoms with Gasteiger partial charge in [0.05, 0.1) is 52.2 Å². The van der Waals surface area contributed by atoms with Crippen LogP contribution < -0.4 is 61.7 Å². The third-order valence-electron chi connectivity index (χ3n) is 22.7. The summed E-state index contributed by atoms with van der Waals surface area (Å²) in [5.74, 6) is -20.7. The smallest absolute Gasteiger partial charge is 0.330 e. The lowest BCUT2D eigenvalue weighted by Gasteiger charge is -2.47. The van der Waals surface area contributed by atoms with Crippen LogP contribution in [0.5, 0.6) is 40.2 Å². The Balaban J connectivity index is 1.03. The van der Waals surface area contributed by atoms with E-state index < -0.39 is 260 Å². The van der Waals surface area contributed by atoms with Crippen LogP contribution in [0.3, 0.4) is 0 Å².